The fourth-order valence-corrected chi connectivity index (χ4v) is 2.23. The topological polar surface area (TPSA) is 98.3 Å². The van der Waals surface area contributed by atoms with Gasteiger partial charge in [-0.1, -0.05) is 0 Å². The van der Waals surface area contributed by atoms with Gasteiger partial charge < -0.3 is 20.1 Å². The van der Waals surface area contributed by atoms with Crippen molar-refractivity contribution in [3.63, 3.8) is 0 Å². The van der Waals surface area contributed by atoms with Gasteiger partial charge in [-0.25, -0.2) is 15.0 Å². The molecule has 2 aromatic heterocycles. The van der Waals surface area contributed by atoms with Crippen molar-refractivity contribution >= 4 is 23.2 Å². The number of halogens is 2. The molecule has 2 rings (SSSR count). The molecule has 0 bridgehead atoms. The highest BCUT2D eigenvalue weighted by Crippen LogP contribution is 2.30. The summed E-state index contributed by atoms with van der Waals surface area (Å²) in [5.74, 6) is -3.27. The Labute approximate surface area is 161 Å². The lowest BCUT2D eigenvalue weighted by Crippen LogP contribution is -2.15. The second kappa shape index (κ2) is 9.36. The number of rotatable bonds is 9. The summed E-state index contributed by atoms with van der Waals surface area (Å²) in [4.78, 5) is 23.1. The van der Waals surface area contributed by atoms with Crippen LogP contribution in [0, 0.1) is 6.92 Å². The Kier molecular flexibility index (Phi) is 7.16. The van der Waals surface area contributed by atoms with E-state index in [1.807, 2.05) is 6.92 Å². The summed E-state index contributed by atoms with van der Waals surface area (Å²) in [6, 6.07) is 3.05. The molecule has 0 radical (unpaired) electrons. The van der Waals surface area contributed by atoms with Crippen LogP contribution in [0.3, 0.4) is 0 Å². The summed E-state index contributed by atoms with van der Waals surface area (Å²) < 4.78 is 38.1. The number of aryl methyl sites for hydroxylation is 1. The first kappa shape index (κ1) is 21.4. The zero-order valence-electron chi connectivity index (χ0n) is 16.2. The number of anilines is 3. The molecule has 0 saturated carbocycles. The van der Waals surface area contributed by atoms with Crippen molar-refractivity contribution in [3.05, 3.63) is 29.8 Å². The van der Waals surface area contributed by atoms with Crippen LogP contribution >= 0.6 is 0 Å². The maximum absolute atomic E-state index is 13.6. The molecule has 0 aliphatic heterocycles. The summed E-state index contributed by atoms with van der Waals surface area (Å²) in [5.41, 5.74) is 0.780. The van der Waals surface area contributed by atoms with E-state index in [1.54, 1.807) is 6.92 Å². The number of aromatic nitrogens is 3. The third-order valence-corrected chi connectivity index (χ3v) is 3.37. The fraction of sp³-hybridized carbons (Fsp3) is 0.444. The highest BCUT2D eigenvalue weighted by atomic mass is 19.3. The summed E-state index contributed by atoms with van der Waals surface area (Å²) in [5, 5.41) is 5.50. The van der Waals surface area contributed by atoms with Gasteiger partial charge in [0.15, 0.2) is 5.75 Å². The molecule has 2 heterocycles. The van der Waals surface area contributed by atoms with E-state index in [2.05, 4.69) is 25.6 Å². The van der Waals surface area contributed by atoms with Gasteiger partial charge in [-0.05, 0) is 13.8 Å². The van der Waals surface area contributed by atoms with Crippen molar-refractivity contribution in [2.75, 3.05) is 30.5 Å². The van der Waals surface area contributed by atoms with Crippen molar-refractivity contribution < 1.29 is 23.0 Å². The first-order chi connectivity index (χ1) is 13.2. The number of hydrogen-bond acceptors (Lipinski definition) is 7. The molecule has 1 amide bonds. The third-order valence-electron chi connectivity index (χ3n) is 3.37. The Balaban J connectivity index is 2.32. The summed E-state index contributed by atoms with van der Waals surface area (Å²) >= 11 is 0. The molecule has 8 nitrogen and oxygen atoms in total. The van der Waals surface area contributed by atoms with Crippen LogP contribution < -0.4 is 15.4 Å². The Bertz CT molecular complexity index is 827. The summed E-state index contributed by atoms with van der Waals surface area (Å²) in [6.07, 6.45) is 1.42. The highest BCUT2D eigenvalue weighted by molar-refractivity contribution is 5.88. The van der Waals surface area contributed by atoms with E-state index in [0.717, 1.165) is 6.92 Å². The van der Waals surface area contributed by atoms with Crippen LogP contribution in [-0.4, -0.2) is 40.7 Å². The molecule has 0 aliphatic rings. The number of nitrogens with one attached hydrogen (secondary N) is 2. The van der Waals surface area contributed by atoms with E-state index >= 15 is 0 Å². The number of carbonyl (C=O) groups is 1. The number of amides is 1. The van der Waals surface area contributed by atoms with Crippen LogP contribution in [0.4, 0.5) is 26.1 Å². The van der Waals surface area contributed by atoms with Crippen LogP contribution in [0.5, 0.6) is 5.75 Å². The number of hydrogen-bond donors (Lipinski definition) is 2. The van der Waals surface area contributed by atoms with Gasteiger partial charge in [0.1, 0.15) is 18.2 Å². The van der Waals surface area contributed by atoms with Gasteiger partial charge in [0, 0.05) is 38.3 Å². The maximum atomic E-state index is 13.6. The Morgan fingerprint density at radius 2 is 1.96 bits per heavy atom. The van der Waals surface area contributed by atoms with Crippen LogP contribution in [0.2, 0.25) is 0 Å². The van der Waals surface area contributed by atoms with Crippen molar-refractivity contribution in [1.82, 2.24) is 15.0 Å². The quantitative estimate of drug-likeness (QED) is 0.628. The van der Waals surface area contributed by atoms with Crippen molar-refractivity contribution in [3.8, 4) is 5.75 Å². The van der Waals surface area contributed by atoms with Gasteiger partial charge in [0.25, 0.3) is 0 Å². The molecule has 2 aromatic rings. The standard InChI is InChI=1S/C18H23F2N5O3/c1-5-27-6-7-28-14-10-21-15(23-12(3)26)9-13(14)24-16-8-11(2)22-17(25-16)18(4,19)20/h8-10H,5-7H2,1-4H3,(H2,21,22,23,24,25,26). The van der Waals surface area contributed by atoms with E-state index in [4.69, 9.17) is 9.47 Å². The largest absolute Gasteiger partial charge is 0.487 e. The number of pyridine rings is 1. The molecule has 28 heavy (non-hydrogen) atoms. The smallest absolute Gasteiger partial charge is 0.303 e. The van der Waals surface area contributed by atoms with Crippen LogP contribution in [0.1, 0.15) is 32.3 Å². The molecule has 0 fully saturated rings. The molecule has 152 valence electrons. The molecule has 0 atom stereocenters. The third kappa shape index (κ3) is 6.38. The average Bonchev–Trinajstić information content (AvgIpc) is 2.58. The van der Waals surface area contributed by atoms with E-state index < -0.39 is 11.7 Å². The van der Waals surface area contributed by atoms with E-state index in [0.29, 0.717) is 30.3 Å². The Morgan fingerprint density at radius 1 is 1.21 bits per heavy atom. The lowest BCUT2D eigenvalue weighted by Gasteiger charge is -2.16. The lowest BCUT2D eigenvalue weighted by atomic mass is 10.3. The molecular formula is C18H23F2N5O3. The highest BCUT2D eigenvalue weighted by Gasteiger charge is 2.29. The summed E-state index contributed by atoms with van der Waals surface area (Å²) in [6.45, 7) is 6.75. The Hall–Kier alpha value is -2.88. The molecule has 0 spiro atoms. The van der Waals surface area contributed by atoms with Gasteiger partial charge in [-0.2, -0.15) is 8.78 Å². The maximum Gasteiger partial charge on any atom is 0.303 e. The fourth-order valence-electron chi connectivity index (χ4n) is 2.23. The predicted molar refractivity (Wildman–Crippen MR) is 100 cm³/mol. The van der Waals surface area contributed by atoms with Crippen molar-refractivity contribution in [2.45, 2.75) is 33.6 Å². The van der Waals surface area contributed by atoms with E-state index in [-0.39, 0.29) is 24.1 Å². The minimum absolute atomic E-state index is 0.165. The zero-order chi connectivity index (χ0) is 20.7. The minimum atomic E-state index is -3.18. The number of carbonyl (C=O) groups excluding carboxylic acids is 1. The van der Waals surface area contributed by atoms with Gasteiger partial charge in [-0.15, -0.1) is 0 Å². The van der Waals surface area contributed by atoms with Crippen LogP contribution in [-0.2, 0) is 15.5 Å². The Morgan fingerprint density at radius 3 is 2.61 bits per heavy atom. The molecule has 10 heteroatoms. The van der Waals surface area contributed by atoms with Gasteiger partial charge in [0.05, 0.1) is 18.5 Å². The molecule has 0 aliphatic carbocycles. The van der Waals surface area contributed by atoms with Gasteiger partial charge in [-0.3, -0.25) is 4.79 Å². The number of nitrogens with zero attached hydrogens (tertiary/aromatic N) is 3. The zero-order valence-corrected chi connectivity index (χ0v) is 16.2. The minimum Gasteiger partial charge on any atom is -0.487 e. The normalized spacial score (nSPS) is 11.2. The van der Waals surface area contributed by atoms with Gasteiger partial charge >= 0.3 is 5.92 Å². The SMILES string of the molecule is CCOCCOc1cnc(NC(C)=O)cc1Nc1cc(C)nc(C(C)(F)F)n1. The molecular weight excluding hydrogens is 372 g/mol. The molecule has 0 unspecified atom stereocenters. The second-order valence-corrected chi connectivity index (χ2v) is 6.02. The van der Waals surface area contributed by atoms with Gasteiger partial charge in [0.2, 0.25) is 11.7 Å². The van der Waals surface area contributed by atoms with E-state index in [1.165, 1.54) is 25.3 Å². The number of alkyl halides is 2. The van der Waals surface area contributed by atoms with Crippen LogP contribution in [0.25, 0.3) is 0 Å². The number of ether oxygens (including phenoxy) is 2. The van der Waals surface area contributed by atoms with E-state index in [9.17, 15) is 13.6 Å². The van der Waals surface area contributed by atoms with Crippen LogP contribution in [0.15, 0.2) is 18.3 Å². The van der Waals surface area contributed by atoms with Crippen molar-refractivity contribution in [1.29, 1.82) is 0 Å². The monoisotopic (exact) mass is 395 g/mol. The van der Waals surface area contributed by atoms with Crippen molar-refractivity contribution in [2.24, 2.45) is 0 Å². The average molecular weight is 395 g/mol. The predicted octanol–water partition coefficient (Wildman–Crippen LogP) is 3.41. The molecule has 0 aromatic carbocycles. The summed E-state index contributed by atoms with van der Waals surface area (Å²) in [7, 11) is 0. The lowest BCUT2D eigenvalue weighted by molar-refractivity contribution is -0.114. The first-order valence-electron chi connectivity index (χ1n) is 8.68. The molecule has 2 N–H and O–H groups in total. The second-order valence-electron chi connectivity index (χ2n) is 6.02. The molecule has 0 saturated heterocycles. The first-order valence-corrected chi connectivity index (χ1v) is 8.68.